The number of hydrogen-bond donors (Lipinski definition) is 1. The second kappa shape index (κ2) is 9.94. The van der Waals surface area contributed by atoms with Crippen molar-refractivity contribution in [2.45, 2.75) is 24.3 Å². The van der Waals surface area contributed by atoms with Crippen LogP contribution in [-0.2, 0) is 25.2 Å². The van der Waals surface area contributed by atoms with Gasteiger partial charge in [0, 0.05) is 31.7 Å². The summed E-state index contributed by atoms with van der Waals surface area (Å²) in [7, 11) is -2.33. The van der Waals surface area contributed by atoms with Crippen LogP contribution in [0.1, 0.15) is 29.8 Å². The molecule has 2 aromatic rings. The van der Waals surface area contributed by atoms with Crippen LogP contribution >= 0.6 is 0 Å². The molecule has 1 N–H and O–H groups in total. The second-order valence-corrected chi connectivity index (χ2v) is 11.0. The first-order valence-electron chi connectivity index (χ1n) is 11.6. The largest absolute Gasteiger partial charge is 0.497 e. The smallest absolute Gasteiger partial charge is 0.325 e. The average molecular weight is 529 g/mol. The van der Waals surface area contributed by atoms with Gasteiger partial charge in [-0.05, 0) is 43.7 Å². The first kappa shape index (κ1) is 26.3. The fourth-order valence-electron chi connectivity index (χ4n) is 4.40. The number of hydrogen-bond acceptors (Lipinski definition) is 7. The van der Waals surface area contributed by atoms with Gasteiger partial charge in [-0.15, -0.1) is 0 Å². The highest BCUT2D eigenvalue weighted by Gasteiger charge is 2.49. The number of methoxy groups -OCH3 is 1. The zero-order valence-corrected chi connectivity index (χ0v) is 21.6. The number of ketones is 1. The number of rotatable bonds is 7. The summed E-state index contributed by atoms with van der Waals surface area (Å²) in [5, 5.41) is 2.66. The number of urea groups is 1. The lowest BCUT2D eigenvalue weighted by molar-refractivity contribution is -0.139. The van der Waals surface area contributed by atoms with Crippen molar-refractivity contribution in [1.82, 2.24) is 19.4 Å². The number of amides is 4. The molecular weight excluding hydrogens is 500 g/mol. The van der Waals surface area contributed by atoms with Crippen LogP contribution < -0.4 is 10.1 Å². The maximum atomic E-state index is 13.2. The van der Waals surface area contributed by atoms with Crippen molar-refractivity contribution < 1.29 is 32.3 Å². The Morgan fingerprint density at radius 1 is 1.03 bits per heavy atom. The highest BCUT2D eigenvalue weighted by molar-refractivity contribution is 7.89. The Hall–Kier alpha value is -3.77. The van der Waals surface area contributed by atoms with Crippen molar-refractivity contribution in [3.8, 4) is 5.75 Å². The molecule has 4 rings (SSSR count). The number of nitrogens with one attached hydrogen (secondary N) is 1. The molecule has 12 heteroatoms. The molecule has 1 atom stereocenters. The molecule has 0 saturated carbocycles. The van der Waals surface area contributed by atoms with Gasteiger partial charge < -0.3 is 15.0 Å². The van der Waals surface area contributed by atoms with Crippen molar-refractivity contribution in [3.63, 3.8) is 0 Å². The van der Waals surface area contributed by atoms with Gasteiger partial charge >= 0.3 is 6.03 Å². The predicted molar refractivity (Wildman–Crippen MR) is 132 cm³/mol. The molecule has 37 heavy (non-hydrogen) atoms. The molecule has 0 unspecified atom stereocenters. The van der Waals surface area contributed by atoms with Crippen LogP contribution in [0, 0.1) is 0 Å². The fourth-order valence-corrected chi connectivity index (χ4v) is 5.87. The lowest BCUT2D eigenvalue weighted by atomic mass is 9.92. The predicted octanol–water partition coefficient (Wildman–Crippen LogP) is 1.20. The Morgan fingerprint density at radius 2 is 1.68 bits per heavy atom. The molecule has 2 aliphatic heterocycles. The van der Waals surface area contributed by atoms with E-state index in [9.17, 15) is 27.6 Å². The number of nitrogens with zero attached hydrogens (tertiary/aromatic N) is 3. The minimum absolute atomic E-state index is 0.0112. The molecule has 2 saturated heterocycles. The third-order valence-electron chi connectivity index (χ3n) is 6.71. The number of ether oxygens (including phenoxy) is 1. The zero-order valence-electron chi connectivity index (χ0n) is 20.8. The Balaban J connectivity index is 1.40. The molecule has 11 nitrogen and oxygen atoms in total. The van der Waals surface area contributed by atoms with Crippen molar-refractivity contribution in [3.05, 3.63) is 59.7 Å². The Labute approximate surface area is 215 Å². The zero-order chi connectivity index (χ0) is 27.0. The van der Waals surface area contributed by atoms with E-state index in [1.165, 1.54) is 41.4 Å². The molecule has 2 heterocycles. The molecule has 0 aromatic heterocycles. The molecule has 2 aromatic carbocycles. The first-order chi connectivity index (χ1) is 17.5. The van der Waals surface area contributed by atoms with Gasteiger partial charge in [-0.25, -0.2) is 13.2 Å². The summed E-state index contributed by atoms with van der Waals surface area (Å²) in [5.41, 5.74) is -0.482. The quantitative estimate of drug-likeness (QED) is 0.422. The van der Waals surface area contributed by atoms with Gasteiger partial charge in [-0.1, -0.05) is 24.3 Å². The number of imide groups is 1. The summed E-state index contributed by atoms with van der Waals surface area (Å²) in [6, 6.07) is 11.9. The van der Waals surface area contributed by atoms with Gasteiger partial charge in [-0.3, -0.25) is 19.3 Å². The molecule has 2 fully saturated rings. The minimum atomic E-state index is -3.85. The van der Waals surface area contributed by atoms with E-state index in [0.29, 0.717) is 16.9 Å². The SMILES string of the molecule is COc1ccc([C@@]2(C)NC(=O)N(CC(=O)N3CCN(S(=O)(=O)c4cccc(C(C)=O)c4)CC3)C2=O)cc1. The normalized spacial score (nSPS) is 20.6. The topological polar surface area (TPSA) is 133 Å². The Kier molecular flexibility index (Phi) is 7.07. The summed E-state index contributed by atoms with van der Waals surface area (Å²) < 4.78 is 32.5. The van der Waals surface area contributed by atoms with Gasteiger partial charge in [0.05, 0.1) is 12.0 Å². The van der Waals surface area contributed by atoms with E-state index in [2.05, 4.69) is 5.32 Å². The van der Waals surface area contributed by atoms with Crippen molar-refractivity contribution in [1.29, 1.82) is 0 Å². The van der Waals surface area contributed by atoms with E-state index in [-0.39, 0.29) is 36.9 Å². The maximum absolute atomic E-state index is 13.2. The molecule has 0 aliphatic carbocycles. The van der Waals surface area contributed by atoms with Crippen LogP contribution in [0.3, 0.4) is 0 Å². The second-order valence-electron chi connectivity index (χ2n) is 9.04. The van der Waals surface area contributed by atoms with Gasteiger partial charge in [0.2, 0.25) is 15.9 Å². The minimum Gasteiger partial charge on any atom is -0.497 e. The number of piperazine rings is 1. The van der Waals surface area contributed by atoms with Crippen LogP contribution in [0.5, 0.6) is 5.75 Å². The summed E-state index contributed by atoms with van der Waals surface area (Å²) in [6.07, 6.45) is 0. The molecule has 0 radical (unpaired) electrons. The van der Waals surface area contributed by atoms with E-state index in [0.717, 1.165) is 4.90 Å². The lowest BCUT2D eigenvalue weighted by Crippen LogP contribution is -2.53. The molecule has 196 valence electrons. The van der Waals surface area contributed by atoms with Gasteiger partial charge in [0.15, 0.2) is 5.78 Å². The summed E-state index contributed by atoms with van der Waals surface area (Å²) in [6.45, 7) is 2.77. The molecular formula is C25H28N4O7S. The Bertz CT molecular complexity index is 1350. The van der Waals surface area contributed by atoms with Crippen molar-refractivity contribution in [2.24, 2.45) is 0 Å². The average Bonchev–Trinajstić information content (AvgIpc) is 3.12. The number of sulfonamides is 1. The van der Waals surface area contributed by atoms with Crippen LogP contribution in [0.2, 0.25) is 0 Å². The number of carbonyl (C=O) groups excluding carboxylic acids is 4. The van der Waals surface area contributed by atoms with E-state index in [1.807, 2.05) is 0 Å². The standard InChI is InChI=1S/C25H28N4O7S/c1-17(30)18-5-4-6-21(15-18)37(34,35)28-13-11-27(12-14-28)22(31)16-29-23(32)25(2,26-24(29)33)19-7-9-20(36-3)10-8-19/h4-10,15H,11-14,16H2,1-3H3,(H,26,33)/t25-/m1/s1. The van der Waals surface area contributed by atoms with Crippen LogP contribution in [0.15, 0.2) is 53.4 Å². The van der Waals surface area contributed by atoms with E-state index < -0.39 is 40.0 Å². The fraction of sp³-hybridized carbons (Fsp3) is 0.360. The van der Waals surface area contributed by atoms with Gasteiger partial charge in [0.1, 0.15) is 17.8 Å². The Morgan fingerprint density at radius 3 is 2.27 bits per heavy atom. The monoisotopic (exact) mass is 528 g/mol. The van der Waals surface area contributed by atoms with Crippen LogP contribution in [-0.4, -0.2) is 86.0 Å². The first-order valence-corrected chi connectivity index (χ1v) is 13.1. The summed E-state index contributed by atoms with van der Waals surface area (Å²) in [4.78, 5) is 52.7. The highest BCUT2D eigenvalue weighted by Crippen LogP contribution is 2.30. The third-order valence-corrected chi connectivity index (χ3v) is 8.60. The summed E-state index contributed by atoms with van der Waals surface area (Å²) in [5.74, 6) is -0.652. The molecule has 2 aliphatic rings. The maximum Gasteiger partial charge on any atom is 0.325 e. The molecule has 0 bridgehead atoms. The van der Waals surface area contributed by atoms with Crippen LogP contribution in [0.25, 0.3) is 0 Å². The lowest BCUT2D eigenvalue weighted by Gasteiger charge is -2.34. The van der Waals surface area contributed by atoms with Gasteiger partial charge in [0.25, 0.3) is 5.91 Å². The van der Waals surface area contributed by atoms with E-state index >= 15 is 0 Å². The highest BCUT2D eigenvalue weighted by atomic mass is 32.2. The number of benzene rings is 2. The summed E-state index contributed by atoms with van der Waals surface area (Å²) >= 11 is 0. The van der Waals surface area contributed by atoms with Crippen molar-refractivity contribution in [2.75, 3.05) is 39.8 Å². The van der Waals surface area contributed by atoms with Crippen LogP contribution in [0.4, 0.5) is 4.79 Å². The van der Waals surface area contributed by atoms with E-state index in [4.69, 9.17) is 4.74 Å². The van der Waals surface area contributed by atoms with Gasteiger partial charge in [-0.2, -0.15) is 4.31 Å². The number of Topliss-reactive ketones (excluding diaryl/α,β-unsaturated/α-hetero) is 1. The third kappa shape index (κ3) is 4.94. The van der Waals surface area contributed by atoms with Crippen molar-refractivity contribution >= 4 is 33.7 Å². The van der Waals surface area contributed by atoms with E-state index in [1.54, 1.807) is 37.3 Å². The molecule has 0 spiro atoms. The number of carbonyl (C=O) groups is 4. The molecule has 4 amide bonds.